The highest BCUT2D eigenvalue weighted by Gasteiger charge is 2.20. The lowest BCUT2D eigenvalue weighted by Crippen LogP contribution is -2.23. The average molecular weight is 377 g/mol. The molecule has 4 nitrogen and oxygen atoms in total. The average Bonchev–Trinajstić information content (AvgIpc) is 3.29. The molecule has 1 saturated heterocycles. The fraction of sp³-hybridized carbons (Fsp3) is 0.375. The van der Waals surface area contributed by atoms with Crippen LogP contribution in [0.4, 0.5) is 0 Å². The normalized spacial score (nSPS) is 19.1. The van der Waals surface area contributed by atoms with Gasteiger partial charge in [-0.05, 0) is 62.1 Å². The Bertz CT molecular complexity index is 887. The molecular formula is C24H28N2O2. The summed E-state index contributed by atoms with van der Waals surface area (Å²) in [7, 11) is 0. The van der Waals surface area contributed by atoms with Crippen molar-refractivity contribution in [1.29, 1.82) is 0 Å². The number of hydrogen-bond donors (Lipinski definition) is 1. The Hall–Kier alpha value is -2.59. The SMILES string of the molecule is Cc1oc(-c2ccccc2)nc1CCOc1ccc(C[C@@H]2C[C@H](C)CN2)cc1. The van der Waals surface area contributed by atoms with Crippen molar-refractivity contribution in [1.82, 2.24) is 10.3 Å². The van der Waals surface area contributed by atoms with Gasteiger partial charge in [0.25, 0.3) is 0 Å². The number of ether oxygens (including phenoxy) is 1. The fourth-order valence-corrected chi connectivity index (χ4v) is 3.81. The van der Waals surface area contributed by atoms with Crippen LogP contribution >= 0.6 is 0 Å². The summed E-state index contributed by atoms with van der Waals surface area (Å²) in [4.78, 5) is 4.64. The molecule has 1 N–H and O–H groups in total. The Labute approximate surface area is 167 Å². The Balaban J connectivity index is 1.29. The van der Waals surface area contributed by atoms with E-state index in [1.54, 1.807) is 0 Å². The monoisotopic (exact) mass is 376 g/mol. The van der Waals surface area contributed by atoms with Crippen molar-refractivity contribution in [3.05, 3.63) is 71.6 Å². The zero-order valence-corrected chi connectivity index (χ0v) is 16.7. The first kappa shape index (κ1) is 18.8. The smallest absolute Gasteiger partial charge is 0.226 e. The fourth-order valence-electron chi connectivity index (χ4n) is 3.81. The molecule has 1 aliphatic heterocycles. The van der Waals surface area contributed by atoms with E-state index in [1.165, 1.54) is 12.0 Å². The van der Waals surface area contributed by atoms with Crippen LogP contribution in [-0.2, 0) is 12.8 Å². The van der Waals surface area contributed by atoms with Gasteiger partial charge in [-0.1, -0.05) is 37.3 Å². The third-order valence-corrected chi connectivity index (χ3v) is 5.37. The van der Waals surface area contributed by atoms with Crippen LogP contribution in [0.15, 0.2) is 59.0 Å². The molecule has 0 unspecified atom stereocenters. The molecule has 0 bridgehead atoms. The quantitative estimate of drug-likeness (QED) is 0.643. The third kappa shape index (κ3) is 4.63. The largest absolute Gasteiger partial charge is 0.493 e. The van der Waals surface area contributed by atoms with E-state index >= 15 is 0 Å². The molecule has 0 aliphatic carbocycles. The van der Waals surface area contributed by atoms with Gasteiger partial charge < -0.3 is 14.5 Å². The molecule has 0 spiro atoms. The number of aromatic nitrogens is 1. The van der Waals surface area contributed by atoms with Gasteiger partial charge in [-0.2, -0.15) is 0 Å². The van der Waals surface area contributed by atoms with Gasteiger partial charge >= 0.3 is 0 Å². The molecule has 0 radical (unpaired) electrons. The summed E-state index contributed by atoms with van der Waals surface area (Å²) in [5.41, 5.74) is 3.32. The van der Waals surface area contributed by atoms with Crippen molar-refractivity contribution in [3.63, 3.8) is 0 Å². The van der Waals surface area contributed by atoms with E-state index in [0.29, 0.717) is 18.5 Å². The van der Waals surface area contributed by atoms with E-state index in [4.69, 9.17) is 9.15 Å². The van der Waals surface area contributed by atoms with Crippen LogP contribution in [0.5, 0.6) is 5.75 Å². The van der Waals surface area contributed by atoms with Gasteiger partial charge in [-0.3, -0.25) is 0 Å². The van der Waals surface area contributed by atoms with Gasteiger partial charge in [-0.25, -0.2) is 4.98 Å². The molecule has 2 atom stereocenters. The molecule has 1 aromatic heterocycles. The number of oxazole rings is 1. The lowest BCUT2D eigenvalue weighted by atomic mass is 10.0. The molecule has 1 fully saturated rings. The van der Waals surface area contributed by atoms with E-state index in [1.807, 2.05) is 37.3 Å². The summed E-state index contributed by atoms with van der Waals surface area (Å²) >= 11 is 0. The van der Waals surface area contributed by atoms with Crippen molar-refractivity contribution >= 4 is 0 Å². The third-order valence-electron chi connectivity index (χ3n) is 5.37. The molecule has 3 aromatic rings. The van der Waals surface area contributed by atoms with Crippen LogP contribution in [0, 0.1) is 12.8 Å². The van der Waals surface area contributed by atoms with E-state index in [2.05, 4.69) is 41.5 Å². The standard InChI is InChI=1S/C24H28N2O2/c1-17-14-21(25-16-17)15-19-8-10-22(11-9-19)27-13-12-23-18(2)28-24(26-23)20-6-4-3-5-7-20/h3-11,17,21,25H,12-16H2,1-2H3/t17-,21-/m0/s1. The number of aryl methyl sites for hydroxylation is 1. The van der Waals surface area contributed by atoms with Gasteiger partial charge in [-0.15, -0.1) is 0 Å². The number of hydrogen-bond acceptors (Lipinski definition) is 4. The second-order valence-electron chi connectivity index (χ2n) is 7.78. The second kappa shape index (κ2) is 8.61. The first-order valence-corrected chi connectivity index (χ1v) is 10.1. The minimum Gasteiger partial charge on any atom is -0.493 e. The Morgan fingerprint density at radius 1 is 1.11 bits per heavy atom. The number of benzene rings is 2. The van der Waals surface area contributed by atoms with Crippen molar-refractivity contribution in [2.24, 2.45) is 5.92 Å². The lowest BCUT2D eigenvalue weighted by Gasteiger charge is -2.11. The van der Waals surface area contributed by atoms with Crippen LogP contribution in [0.3, 0.4) is 0 Å². The number of nitrogens with zero attached hydrogens (tertiary/aromatic N) is 1. The van der Waals surface area contributed by atoms with Crippen LogP contribution in [0.25, 0.3) is 11.5 Å². The molecule has 146 valence electrons. The van der Waals surface area contributed by atoms with Crippen LogP contribution in [-0.4, -0.2) is 24.2 Å². The lowest BCUT2D eigenvalue weighted by molar-refractivity contribution is 0.320. The highest BCUT2D eigenvalue weighted by atomic mass is 16.5. The number of nitrogens with one attached hydrogen (secondary N) is 1. The highest BCUT2D eigenvalue weighted by Crippen LogP contribution is 2.22. The Morgan fingerprint density at radius 3 is 2.61 bits per heavy atom. The zero-order valence-electron chi connectivity index (χ0n) is 16.7. The van der Waals surface area contributed by atoms with E-state index in [0.717, 1.165) is 48.1 Å². The van der Waals surface area contributed by atoms with E-state index < -0.39 is 0 Å². The van der Waals surface area contributed by atoms with Gasteiger partial charge in [0.05, 0.1) is 12.3 Å². The molecule has 4 heteroatoms. The summed E-state index contributed by atoms with van der Waals surface area (Å²) < 4.78 is 11.7. The van der Waals surface area contributed by atoms with Gasteiger partial charge in [0.2, 0.25) is 5.89 Å². The maximum atomic E-state index is 5.92. The first-order valence-electron chi connectivity index (χ1n) is 10.1. The molecule has 2 aromatic carbocycles. The molecular weight excluding hydrogens is 348 g/mol. The van der Waals surface area contributed by atoms with Gasteiger partial charge in [0.15, 0.2) is 0 Å². The van der Waals surface area contributed by atoms with Crippen LogP contribution < -0.4 is 10.1 Å². The second-order valence-corrected chi connectivity index (χ2v) is 7.78. The molecule has 4 rings (SSSR count). The minimum atomic E-state index is 0.586. The van der Waals surface area contributed by atoms with Crippen molar-refractivity contribution in [3.8, 4) is 17.2 Å². The van der Waals surface area contributed by atoms with Crippen molar-refractivity contribution < 1.29 is 9.15 Å². The predicted octanol–water partition coefficient (Wildman–Crippen LogP) is 4.81. The van der Waals surface area contributed by atoms with Crippen molar-refractivity contribution in [2.45, 2.75) is 39.2 Å². The maximum absolute atomic E-state index is 5.92. The summed E-state index contributed by atoms with van der Waals surface area (Å²) in [5.74, 6) is 3.22. The first-order chi connectivity index (χ1) is 13.7. The maximum Gasteiger partial charge on any atom is 0.226 e. The highest BCUT2D eigenvalue weighted by molar-refractivity contribution is 5.53. The molecule has 0 saturated carbocycles. The molecule has 0 amide bonds. The van der Waals surface area contributed by atoms with Crippen molar-refractivity contribution in [2.75, 3.05) is 13.2 Å². The summed E-state index contributed by atoms with van der Waals surface area (Å²) in [6, 6.07) is 19.1. The Kier molecular flexibility index (Phi) is 5.77. The Morgan fingerprint density at radius 2 is 1.89 bits per heavy atom. The van der Waals surface area contributed by atoms with E-state index in [-0.39, 0.29) is 0 Å². The van der Waals surface area contributed by atoms with Crippen LogP contribution in [0.2, 0.25) is 0 Å². The molecule has 2 heterocycles. The van der Waals surface area contributed by atoms with Crippen LogP contribution in [0.1, 0.15) is 30.4 Å². The van der Waals surface area contributed by atoms with Gasteiger partial charge in [0.1, 0.15) is 11.5 Å². The molecule has 28 heavy (non-hydrogen) atoms. The zero-order chi connectivity index (χ0) is 19.3. The summed E-state index contributed by atoms with van der Waals surface area (Å²) in [6.07, 6.45) is 3.08. The van der Waals surface area contributed by atoms with E-state index in [9.17, 15) is 0 Å². The minimum absolute atomic E-state index is 0.586. The molecule has 1 aliphatic rings. The summed E-state index contributed by atoms with van der Waals surface area (Å²) in [5, 5.41) is 3.59. The topological polar surface area (TPSA) is 47.3 Å². The predicted molar refractivity (Wildman–Crippen MR) is 112 cm³/mol. The summed E-state index contributed by atoms with van der Waals surface area (Å²) in [6.45, 7) is 5.99. The number of rotatable bonds is 7. The van der Waals surface area contributed by atoms with Gasteiger partial charge in [0, 0.05) is 18.0 Å².